The van der Waals surface area contributed by atoms with Gasteiger partial charge in [-0.1, -0.05) is 12.1 Å². The van der Waals surface area contributed by atoms with Crippen molar-refractivity contribution in [1.29, 1.82) is 0 Å². The molecule has 0 amide bonds. The lowest BCUT2D eigenvalue weighted by molar-refractivity contribution is 0.483. The number of aryl methyl sites for hydroxylation is 1. The average Bonchev–Trinajstić information content (AvgIpc) is 2.68. The van der Waals surface area contributed by atoms with Crippen LogP contribution in [-0.4, -0.2) is 46.3 Å². The van der Waals surface area contributed by atoms with Crippen molar-refractivity contribution in [3.05, 3.63) is 48.4 Å². The lowest BCUT2D eigenvalue weighted by Crippen LogP contribution is -2.47. The van der Waals surface area contributed by atoms with Crippen molar-refractivity contribution in [2.75, 3.05) is 29.9 Å². The van der Waals surface area contributed by atoms with Gasteiger partial charge in [0.15, 0.2) is 5.82 Å². The van der Waals surface area contributed by atoms with E-state index in [0.29, 0.717) is 6.04 Å². The number of aromatic nitrogens is 4. The Labute approximate surface area is 147 Å². The largest absolute Gasteiger partial charge is 0.354 e. The molecule has 0 bridgehead atoms. The summed E-state index contributed by atoms with van der Waals surface area (Å²) >= 11 is 0. The van der Waals surface area contributed by atoms with Gasteiger partial charge in [0.2, 0.25) is 0 Å². The first-order valence-electron chi connectivity index (χ1n) is 8.70. The SMILES string of the molecule is Cc1ccc(N2CCC[C@@H](N(C)c3ncnc4ccccc34)C2)nn1. The van der Waals surface area contributed by atoms with Gasteiger partial charge in [-0.25, -0.2) is 9.97 Å². The summed E-state index contributed by atoms with van der Waals surface area (Å²) in [5.41, 5.74) is 1.93. The zero-order valence-electron chi connectivity index (χ0n) is 14.6. The molecule has 2 aromatic heterocycles. The fourth-order valence-corrected chi connectivity index (χ4v) is 3.48. The van der Waals surface area contributed by atoms with E-state index in [1.54, 1.807) is 6.33 Å². The highest BCUT2D eigenvalue weighted by Gasteiger charge is 2.26. The monoisotopic (exact) mass is 334 g/mol. The standard InChI is InChI=1S/C19H22N6/c1-14-9-10-18(23-22-14)25-11-5-6-15(12-25)24(2)19-16-7-3-4-8-17(16)20-13-21-19/h3-4,7-10,13,15H,5-6,11-12H2,1-2H3/t15-/m1/s1. The smallest absolute Gasteiger partial charge is 0.151 e. The number of likely N-dealkylation sites (N-methyl/N-ethyl adjacent to an activating group) is 1. The van der Waals surface area contributed by atoms with E-state index < -0.39 is 0 Å². The van der Waals surface area contributed by atoms with E-state index >= 15 is 0 Å². The molecule has 128 valence electrons. The normalized spacial score (nSPS) is 17.7. The highest BCUT2D eigenvalue weighted by atomic mass is 15.3. The number of hydrogen-bond donors (Lipinski definition) is 0. The second-order valence-corrected chi connectivity index (χ2v) is 6.60. The summed E-state index contributed by atoms with van der Waals surface area (Å²) in [6.07, 6.45) is 3.93. The number of rotatable bonds is 3. The molecule has 1 aliphatic rings. The van der Waals surface area contributed by atoms with Gasteiger partial charge in [-0.3, -0.25) is 0 Å². The van der Waals surface area contributed by atoms with Crippen LogP contribution < -0.4 is 9.80 Å². The molecule has 3 aromatic rings. The van der Waals surface area contributed by atoms with Crippen LogP contribution in [-0.2, 0) is 0 Å². The Bertz CT molecular complexity index is 858. The van der Waals surface area contributed by atoms with Crippen LogP contribution >= 0.6 is 0 Å². The molecule has 25 heavy (non-hydrogen) atoms. The number of benzene rings is 1. The van der Waals surface area contributed by atoms with E-state index in [2.05, 4.69) is 49.1 Å². The molecule has 0 unspecified atom stereocenters. The average molecular weight is 334 g/mol. The van der Waals surface area contributed by atoms with E-state index in [4.69, 9.17) is 0 Å². The molecule has 0 aliphatic carbocycles. The van der Waals surface area contributed by atoms with E-state index in [1.165, 1.54) is 0 Å². The second kappa shape index (κ2) is 6.63. The third-order valence-corrected chi connectivity index (χ3v) is 4.91. The molecular formula is C19H22N6. The van der Waals surface area contributed by atoms with Crippen LogP contribution in [0.1, 0.15) is 18.5 Å². The predicted octanol–water partition coefficient (Wildman–Crippen LogP) is 2.83. The van der Waals surface area contributed by atoms with E-state index in [0.717, 1.165) is 54.2 Å². The first kappa shape index (κ1) is 15.7. The highest BCUT2D eigenvalue weighted by molar-refractivity contribution is 5.89. The van der Waals surface area contributed by atoms with Crippen LogP contribution in [0, 0.1) is 6.92 Å². The lowest BCUT2D eigenvalue weighted by Gasteiger charge is -2.38. The molecule has 1 saturated heterocycles. The van der Waals surface area contributed by atoms with Crippen LogP contribution in [0.25, 0.3) is 10.9 Å². The number of anilines is 2. The van der Waals surface area contributed by atoms with Crippen molar-refractivity contribution in [3.8, 4) is 0 Å². The molecule has 1 atom stereocenters. The topological polar surface area (TPSA) is 58.0 Å². The molecule has 4 rings (SSSR count). The third-order valence-electron chi connectivity index (χ3n) is 4.91. The maximum Gasteiger partial charge on any atom is 0.151 e. The van der Waals surface area contributed by atoms with Crippen LogP contribution in [0.5, 0.6) is 0 Å². The molecule has 1 aromatic carbocycles. The van der Waals surface area contributed by atoms with Gasteiger partial charge in [0.25, 0.3) is 0 Å². The predicted molar refractivity (Wildman–Crippen MR) is 99.9 cm³/mol. The summed E-state index contributed by atoms with van der Waals surface area (Å²) in [7, 11) is 2.13. The van der Waals surface area contributed by atoms with Crippen LogP contribution in [0.15, 0.2) is 42.7 Å². The minimum Gasteiger partial charge on any atom is -0.354 e. The fraction of sp³-hybridized carbons (Fsp3) is 0.368. The van der Waals surface area contributed by atoms with Gasteiger partial charge < -0.3 is 9.80 Å². The molecule has 0 N–H and O–H groups in total. The van der Waals surface area contributed by atoms with Gasteiger partial charge in [0.05, 0.1) is 11.2 Å². The summed E-state index contributed by atoms with van der Waals surface area (Å²) in [4.78, 5) is 13.5. The van der Waals surface area contributed by atoms with Crippen molar-refractivity contribution in [3.63, 3.8) is 0 Å². The molecule has 3 heterocycles. The number of fused-ring (bicyclic) bond motifs is 1. The Hall–Kier alpha value is -2.76. The molecular weight excluding hydrogens is 312 g/mol. The van der Waals surface area contributed by atoms with Crippen molar-refractivity contribution in [2.24, 2.45) is 0 Å². The first-order chi connectivity index (χ1) is 12.2. The fourth-order valence-electron chi connectivity index (χ4n) is 3.48. The molecule has 1 fully saturated rings. The Morgan fingerprint density at radius 1 is 1.08 bits per heavy atom. The van der Waals surface area contributed by atoms with E-state index in [1.807, 2.05) is 31.2 Å². The van der Waals surface area contributed by atoms with Gasteiger partial charge in [-0.05, 0) is 44.0 Å². The first-order valence-corrected chi connectivity index (χ1v) is 8.70. The summed E-state index contributed by atoms with van der Waals surface area (Å²) in [6.45, 7) is 3.91. The highest BCUT2D eigenvalue weighted by Crippen LogP contribution is 2.27. The van der Waals surface area contributed by atoms with Crippen LogP contribution in [0.3, 0.4) is 0 Å². The Balaban J connectivity index is 1.59. The molecule has 1 aliphatic heterocycles. The third kappa shape index (κ3) is 3.12. The van der Waals surface area contributed by atoms with Crippen LogP contribution in [0.2, 0.25) is 0 Å². The number of piperidine rings is 1. The van der Waals surface area contributed by atoms with E-state index in [9.17, 15) is 0 Å². The molecule has 0 spiro atoms. The lowest BCUT2D eigenvalue weighted by atomic mass is 10.0. The second-order valence-electron chi connectivity index (χ2n) is 6.60. The van der Waals surface area contributed by atoms with Crippen molar-refractivity contribution in [1.82, 2.24) is 20.2 Å². The molecule has 6 heteroatoms. The summed E-state index contributed by atoms with van der Waals surface area (Å²) in [5.74, 6) is 1.95. The number of nitrogens with zero attached hydrogens (tertiary/aromatic N) is 6. The Morgan fingerprint density at radius 2 is 1.96 bits per heavy atom. The number of para-hydroxylation sites is 1. The van der Waals surface area contributed by atoms with Crippen molar-refractivity contribution >= 4 is 22.5 Å². The maximum atomic E-state index is 4.56. The summed E-state index contributed by atoms with van der Waals surface area (Å²) in [6, 6.07) is 12.6. The Morgan fingerprint density at radius 3 is 2.80 bits per heavy atom. The van der Waals surface area contributed by atoms with Gasteiger partial charge in [0, 0.05) is 31.6 Å². The quantitative estimate of drug-likeness (QED) is 0.734. The van der Waals surface area contributed by atoms with Gasteiger partial charge in [0.1, 0.15) is 12.1 Å². The minimum atomic E-state index is 0.384. The molecule has 6 nitrogen and oxygen atoms in total. The maximum absolute atomic E-state index is 4.56. The van der Waals surface area contributed by atoms with Crippen molar-refractivity contribution < 1.29 is 0 Å². The summed E-state index contributed by atoms with van der Waals surface area (Å²) < 4.78 is 0. The zero-order valence-corrected chi connectivity index (χ0v) is 14.6. The summed E-state index contributed by atoms with van der Waals surface area (Å²) in [5, 5.41) is 9.64. The molecule has 0 radical (unpaired) electrons. The number of hydrogen-bond acceptors (Lipinski definition) is 6. The van der Waals surface area contributed by atoms with Gasteiger partial charge in [-0.15, -0.1) is 5.10 Å². The Kier molecular flexibility index (Phi) is 4.17. The van der Waals surface area contributed by atoms with Gasteiger partial charge >= 0.3 is 0 Å². The van der Waals surface area contributed by atoms with Gasteiger partial charge in [-0.2, -0.15) is 5.10 Å². The van der Waals surface area contributed by atoms with Crippen molar-refractivity contribution in [2.45, 2.75) is 25.8 Å². The van der Waals surface area contributed by atoms with E-state index in [-0.39, 0.29) is 0 Å². The molecule has 0 saturated carbocycles. The van der Waals surface area contributed by atoms with Crippen LogP contribution in [0.4, 0.5) is 11.6 Å². The zero-order chi connectivity index (χ0) is 17.2. The minimum absolute atomic E-state index is 0.384.